The van der Waals surface area contributed by atoms with Crippen molar-refractivity contribution in [1.29, 1.82) is 0 Å². The van der Waals surface area contributed by atoms with Crippen molar-refractivity contribution in [3.63, 3.8) is 0 Å². The van der Waals surface area contributed by atoms with Crippen molar-refractivity contribution in [2.45, 2.75) is 31.8 Å². The molecule has 1 unspecified atom stereocenters. The van der Waals surface area contributed by atoms with E-state index in [1.54, 1.807) is 22.7 Å². The predicted octanol–water partition coefficient (Wildman–Crippen LogP) is 3.93. The van der Waals surface area contributed by atoms with Crippen molar-refractivity contribution in [3.05, 3.63) is 39.0 Å². The van der Waals surface area contributed by atoms with E-state index in [0.717, 1.165) is 6.54 Å². The standard InChI is InChI=1S/C13H16N2S2/c1-2-6-15(9-11-4-7-16-10-11)12(3-1)13-14-5-8-17-13/h4-5,7-8,10,12H,1-3,6,9H2. The number of hydrogen-bond donors (Lipinski definition) is 0. The molecule has 4 heteroatoms. The molecule has 1 aliphatic rings. The summed E-state index contributed by atoms with van der Waals surface area (Å²) < 4.78 is 0. The zero-order valence-electron chi connectivity index (χ0n) is 9.71. The fraction of sp³-hybridized carbons (Fsp3) is 0.462. The third-order valence-corrected chi connectivity index (χ3v) is 4.92. The smallest absolute Gasteiger partial charge is 0.110 e. The summed E-state index contributed by atoms with van der Waals surface area (Å²) in [5.41, 5.74) is 1.44. The summed E-state index contributed by atoms with van der Waals surface area (Å²) in [5.74, 6) is 0. The van der Waals surface area contributed by atoms with Crippen LogP contribution in [-0.4, -0.2) is 16.4 Å². The van der Waals surface area contributed by atoms with Gasteiger partial charge in [-0.2, -0.15) is 11.3 Å². The minimum atomic E-state index is 0.545. The molecule has 0 aliphatic carbocycles. The van der Waals surface area contributed by atoms with Crippen LogP contribution in [0.3, 0.4) is 0 Å². The van der Waals surface area contributed by atoms with E-state index in [2.05, 4.69) is 32.1 Å². The van der Waals surface area contributed by atoms with Crippen molar-refractivity contribution >= 4 is 22.7 Å². The van der Waals surface area contributed by atoms with Gasteiger partial charge in [0.05, 0.1) is 6.04 Å². The first-order valence-electron chi connectivity index (χ1n) is 6.08. The average Bonchev–Trinajstić information content (AvgIpc) is 3.01. The van der Waals surface area contributed by atoms with E-state index in [1.807, 2.05) is 6.20 Å². The highest BCUT2D eigenvalue weighted by atomic mass is 32.1. The summed E-state index contributed by atoms with van der Waals surface area (Å²) in [4.78, 5) is 7.09. The van der Waals surface area contributed by atoms with Crippen molar-refractivity contribution in [1.82, 2.24) is 9.88 Å². The van der Waals surface area contributed by atoms with E-state index in [4.69, 9.17) is 0 Å². The molecule has 3 heterocycles. The second-order valence-electron chi connectivity index (χ2n) is 4.48. The minimum Gasteiger partial charge on any atom is -0.290 e. The highest BCUT2D eigenvalue weighted by molar-refractivity contribution is 7.09. The third-order valence-electron chi connectivity index (χ3n) is 3.32. The van der Waals surface area contributed by atoms with Gasteiger partial charge in [0, 0.05) is 18.1 Å². The quantitative estimate of drug-likeness (QED) is 0.835. The molecule has 17 heavy (non-hydrogen) atoms. The Hall–Kier alpha value is -0.710. The average molecular weight is 264 g/mol. The number of piperidine rings is 1. The number of thiophene rings is 1. The Balaban J connectivity index is 1.76. The lowest BCUT2D eigenvalue weighted by atomic mass is 10.0. The second-order valence-corrected chi connectivity index (χ2v) is 6.19. The molecule has 0 spiro atoms. The summed E-state index contributed by atoms with van der Waals surface area (Å²) in [6, 6.07) is 2.78. The molecule has 1 atom stereocenters. The lowest BCUT2D eigenvalue weighted by molar-refractivity contribution is 0.140. The second kappa shape index (κ2) is 5.29. The highest BCUT2D eigenvalue weighted by Crippen LogP contribution is 2.33. The first-order chi connectivity index (χ1) is 8.43. The van der Waals surface area contributed by atoms with Gasteiger partial charge in [-0.1, -0.05) is 6.42 Å². The SMILES string of the molecule is c1csc(C2CCCCN2Cc2ccsc2)n1. The van der Waals surface area contributed by atoms with Crippen molar-refractivity contribution < 1.29 is 0 Å². The van der Waals surface area contributed by atoms with E-state index < -0.39 is 0 Å². The molecule has 3 rings (SSSR count). The van der Waals surface area contributed by atoms with Gasteiger partial charge >= 0.3 is 0 Å². The molecule has 90 valence electrons. The topological polar surface area (TPSA) is 16.1 Å². The Morgan fingerprint density at radius 3 is 3.12 bits per heavy atom. The Bertz CT molecular complexity index is 436. The van der Waals surface area contributed by atoms with E-state index in [9.17, 15) is 0 Å². The van der Waals surface area contributed by atoms with Gasteiger partial charge in [-0.3, -0.25) is 4.90 Å². The normalized spacial score (nSPS) is 21.8. The van der Waals surface area contributed by atoms with Gasteiger partial charge < -0.3 is 0 Å². The molecular formula is C13H16N2S2. The Morgan fingerprint density at radius 1 is 1.35 bits per heavy atom. The number of nitrogens with zero attached hydrogens (tertiary/aromatic N) is 2. The van der Waals surface area contributed by atoms with Crippen LogP contribution >= 0.6 is 22.7 Å². The van der Waals surface area contributed by atoms with Gasteiger partial charge in [0.15, 0.2) is 0 Å². The predicted molar refractivity (Wildman–Crippen MR) is 73.4 cm³/mol. The molecule has 0 amide bonds. The molecule has 2 aromatic rings. The number of hydrogen-bond acceptors (Lipinski definition) is 4. The Labute approximate surface area is 110 Å². The molecule has 1 saturated heterocycles. The first kappa shape index (κ1) is 11.4. The largest absolute Gasteiger partial charge is 0.290 e. The summed E-state index contributed by atoms with van der Waals surface area (Å²) in [7, 11) is 0. The molecule has 0 radical (unpaired) electrons. The van der Waals surface area contributed by atoms with Crippen LogP contribution in [0.1, 0.15) is 35.9 Å². The fourth-order valence-corrected chi connectivity index (χ4v) is 3.94. The number of rotatable bonds is 3. The molecule has 1 aliphatic heterocycles. The Morgan fingerprint density at radius 2 is 2.35 bits per heavy atom. The van der Waals surface area contributed by atoms with Gasteiger partial charge in [0.1, 0.15) is 5.01 Å². The van der Waals surface area contributed by atoms with Gasteiger partial charge in [0.25, 0.3) is 0 Å². The molecular weight excluding hydrogens is 248 g/mol. The number of likely N-dealkylation sites (tertiary alicyclic amines) is 1. The molecule has 0 aromatic carbocycles. The molecule has 0 saturated carbocycles. The number of thiazole rings is 1. The summed E-state index contributed by atoms with van der Waals surface area (Å²) >= 11 is 3.58. The minimum absolute atomic E-state index is 0.545. The van der Waals surface area contributed by atoms with Crippen LogP contribution in [0.25, 0.3) is 0 Å². The van der Waals surface area contributed by atoms with Crippen LogP contribution in [0.2, 0.25) is 0 Å². The van der Waals surface area contributed by atoms with Gasteiger partial charge in [0.2, 0.25) is 0 Å². The van der Waals surface area contributed by atoms with Gasteiger partial charge in [-0.05, 0) is 41.8 Å². The first-order valence-corrected chi connectivity index (χ1v) is 7.90. The molecule has 2 nitrogen and oxygen atoms in total. The zero-order chi connectivity index (χ0) is 11.5. The van der Waals surface area contributed by atoms with Crippen LogP contribution in [0.15, 0.2) is 28.4 Å². The van der Waals surface area contributed by atoms with Crippen LogP contribution in [-0.2, 0) is 6.54 Å². The molecule has 0 bridgehead atoms. The van der Waals surface area contributed by atoms with Gasteiger partial charge in [-0.25, -0.2) is 4.98 Å². The van der Waals surface area contributed by atoms with Crippen LogP contribution in [0, 0.1) is 0 Å². The van der Waals surface area contributed by atoms with Gasteiger partial charge in [-0.15, -0.1) is 11.3 Å². The summed E-state index contributed by atoms with van der Waals surface area (Å²) in [6.45, 7) is 2.29. The van der Waals surface area contributed by atoms with E-state index in [1.165, 1.54) is 36.4 Å². The molecule has 1 fully saturated rings. The maximum absolute atomic E-state index is 4.50. The summed E-state index contributed by atoms with van der Waals surface area (Å²) in [5, 5.41) is 7.80. The monoisotopic (exact) mass is 264 g/mol. The van der Waals surface area contributed by atoms with E-state index in [0.29, 0.717) is 6.04 Å². The summed E-state index contributed by atoms with van der Waals surface area (Å²) in [6.07, 6.45) is 5.85. The molecule has 2 aromatic heterocycles. The fourth-order valence-electron chi connectivity index (χ4n) is 2.48. The maximum atomic E-state index is 4.50. The lowest BCUT2D eigenvalue weighted by Crippen LogP contribution is -2.32. The van der Waals surface area contributed by atoms with Crippen molar-refractivity contribution in [2.75, 3.05) is 6.54 Å². The Kier molecular flexibility index (Phi) is 3.54. The van der Waals surface area contributed by atoms with Crippen molar-refractivity contribution in [3.8, 4) is 0 Å². The van der Waals surface area contributed by atoms with E-state index >= 15 is 0 Å². The zero-order valence-corrected chi connectivity index (χ0v) is 11.3. The number of aromatic nitrogens is 1. The van der Waals surface area contributed by atoms with E-state index in [-0.39, 0.29) is 0 Å². The third kappa shape index (κ3) is 2.59. The lowest BCUT2D eigenvalue weighted by Gasteiger charge is -2.34. The van der Waals surface area contributed by atoms with Crippen molar-refractivity contribution in [2.24, 2.45) is 0 Å². The maximum Gasteiger partial charge on any atom is 0.110 e. The van der Waals surface area contributed by atoms with Crippen LogP contribution in [0.4, 0.5) is 0 Å². The molecule has 0 N–H and O–H groups in total. The van der Waals surface area contributed by atoms with Crippen LogP contribution < -0.4 is 0 Å². The highest BCUT2D eigenvalue weighted by Gasteiger charge is 2.25. The van der Waals surface area contributed by atoms with Crippen LogP contribution in [0.5, 0.6) is 0 Å².